The van der Waals surface area contributed by atoms with E-state index in [0.29, 0.717) is 5.56 Å². The fourth-order valence-corrected chi connectivity index (χ4v) is 8.05. The van der Waals surface area contributed by atoms with E-state index in [1.165, 1.54) is 10.5 Å². The Morgan fingerprint density at radius 3 is 1.71 bits per heavy atom. The van der Waals surface area contributed by atoms with Crippen LogP contribution in [0.2, 0.25) is 0 Å². The Morgan fingerprint density at radius 1 is 0.393 bits per heavy atom. The average Bonchev–Trinajstić information content (AvgIpc) is 3.60. The number of hydrogen-bond donors (Lipinski definition) is 0. The first-order valence-electron chi connectivity index (χ1n) is 25.0. The molecule has 56 heavy (non-hydrogen) atoms. The lowest BCUT2D eigenvalue weighted by Crippen LogP contribution is -2.16. The summed E-state index contributed by atoms with van der Waals surface area (Å²) in [5, 5.41) is 2.02. The normalized spacial score (nSPS) is 15.9. The van der Waals surface area contributed by atoms with Crippen molar-refractivity contribution in [2.75, 3.05) is 4.90 Å². The number of rotatable bonds is 7. The summed E-state index contributed by atoms with van der Waals surface area (Å²) in [6, 6.07) is 34.3. The number of nitrogens with zero attached hydrogens (tertiary/aromatic N) is 1. The van der Waals surface area contributed by atoms with Crippen LogP contribution in [0.3, 0.4) is 0 Å². The van der Waals surface area contributed by atoms with E-state index in [-0.39, 0.29) is 22.4 Å². The second-order valence-electron chi connectivity index (χ2n) is 14.3. The van der Waals surface area contributed by atoms with Gasteiger partial charge in [-0.15, -0.1) is 0 Å². The molecule has 9 aromatic rings. The van der Waals surface area contributed by atoms with Gasteiger partial charge >= 0.3 is 0 Å². The molecule has 9 aromatic carbocycles. The summed E-state index contributed by atoms with van der Waals surface area (Å²) in [6.45, 7) is 4.36. The molecule has 0 amide bonds. The van der Waals surface area contributed by atoms with Crippen LogP contribution in [0.5, 0.6) is 0 Å². The van der Waals surface area contributed by atoms with E-state index in [9.17, 15) is 11.0 Å². The zero-order valence-electron chi connectivity index (χ0n) is 43.6. The number of benzene rings is 9. The predicted molar refractivity (Wildman–Crippen MR) is 238 cm³/mol. The molecule has 1 aliphatic carbocycles. The van der Waals surface area contributed by atoms with Gasteiger partial charge in [0.15, 0.2) is 0 Å². The SMILES string of the molecule is [2H]c1c([2H])c([2H])c(-c2c([2H])c([2H])c(N(c3ccc(-c4cccc5c4C(C)(C)c4ccccc4-5)cc3)c3c([2H])c([2H])c(-c4cccc(-c5cccc6ccccc56)c4)c([2H])c3[2H])c([2H])c2[2H])c([2H])c1[2H]. The lowest BCUT2D eigenvalue weighted by molar-refractivity contribution is 0.662. The first kappa shape index (κ1) is 22.4. The van der Waals surface area contributed by atoms with Gasteiger partial charge in [0.2, 0.25) is 0 Å². The van der Waals surface area contributed by atoms with E-state index in [2.05, 4.69) is 32.0 Å². The van der Waals surface area contributed by atoms with E-state index in [0.717, 1.165) is 49.7 Å². The van der Waals surface area contributed by atoms with Gasteiger partial charge in [-0.2, -0.15) is 0 Å². The summed E-state index contributed by atoms with van der Waals surface area (Å²) >= 11 is 0. The Bertz CT molecular complexity index is 3550. The molecule has 1 aliphatic rings. The minimum absolute atomic E-state index is 0.0174. The number of fused-ring (bicyclic) bond motifs is 4. The maximum atomic E-state index is 9.64. The maximum Gasteiger partial charge on any atom is 0.0645 e. The van der Waals surface area contributed by atoms with Gasteiger partial charge in [0.1, 0.15) is 0 Å². The average molecular weight is 729 g/mol. The molecule has 1 heteroatoms. The monoisotopic (exact) mass is 728 g/mol. The molecule has 0 saturated heterocycles. The molecule has 0 radical (unpaired) electrons. The van der Waals surface area contributed by atoms with Crippen LogP contribution < -0.4 is 4.90 Å². The minimum atomic E-state index is -0.732. The van der Waals surface area contributed by atoms with Crippen LogP contribution in [0.15, 0.2) is 212 Å². The predicted octanol–water partition coefficient (Wildman–Crippen LogP) is 15.3. The molecule has 0 aromatic heterocycles. The Morgan fingerprint density at radius 2 is 0.946 bits per heavy atom. The highest BCUT2D eigenvalue weighted by molar-refractivity contribution is 5.97. The van der Waals surface area contributed by atoms with Gasteiger partial charge in [-0.05, 0) is 120 Å². The molecule has 0 unspecified atom stereocenters. The summed E-state index contributed by atoms with van der Waals surface area (Å²) in [6.07, 6.45) is 0. The van der Waals surface area contributed by atoms with Crippen LogP contribution in [0.1, 0.15) is 42.8 Å². The van der Waals surface area contributed by atoms with Crippen LogP contribution in [0, 0.1) is 0 Å². The Balaban J connectivity index is 1.19. The summed E-state index contributed by atoms with van der Waals surface area (Å²) in [5.74, 6) is 0. The highest BCUT2D eigenvalue weighted by Gasteiger charge is 2.37. The van der Waals surface area contributed by atoms with Gasteiger partial charge in [-0.3, -0.25) is 0 Å². The molecule has 266 valence electrons. The first-order valence-corrected chi connectivity index (χ1v) is 18.5. The fraction of sp³-hybridized carbons (Fsp3) is 0.0545. The summed E-state index contributed by atoms with van der Waals surface area (Å²) in [4.78, 5) is 1.20. The van der Waals surface area contributed by atoms with Gasteiger partial charge in [0.25, 0.3) is 0 Å². The van der Waals surface area contributed by atoms with Crippen molar-refractivity contribution >= 4 is 27.8 Å². The van der Waals surface area contributed by atoms with Crippen molar-refractivity contribution < 1.29 is 17.8 Å². The first-order chi connectivity index (χ1) is 32.9. The molecule has 0 aliphatic heterocycles. The zero-order chi connectivity index (χ0) is 49.0. The van der Waals surface area contributed by atoms with Gasteiger partial charge in [-0.25, -0.2) is 0 Å². The van der Waals surface area contributed by atoms with Gasteiger partial charge < -0.3 is 4.90 Å². The molecule has 0 spiro atoms. The summed E-state index contributed by atoms with van der Waals surface area (Å²) in [7, 11) is 0. The third-order valence-corrected chi connectivity index (χ3v) is 10.7. The lowest BCUT2D eigenvalue weighted by atomic mass is 9.79. The lowest BCUT2D eigenvalue weighted by Gasteiger charge is -2.27. The van der Waals surface area contributed by atoms with Crippen molar-refractivity contribution in [3.8, 4) is 55.6 Å². The molecular formula is C55H41N. The van der Waals surface area contributed by atoms with Crippen molar-refractivity contribution in [3.63, 3.8) is 0 Å². The van der Waals surface area contributed by atoms with Crippen LogP contribution in [-0.2, 0) is 5.41 Å². The van der Waals surface area contributed by atoms with E-state index in [1.54, 1.807) is 24.3 Å². The Labute approximate surface area is 348 Å². The zero-order valence-corrected chi connectivity index (χ0v) is 30.6. The molecule has 0 atom stereocenters. The fourth-order valence-electron chi connectivity index (χ4n) is 8.05. The van der Waals surface area contributed by atoms with E-state index in [1.807, 2.05) is 91.0 Å². The molecule has 0 heterocycles. The van der Waals surface area contributed by atoms with Crippen molar-refractivity contribution in [1.82, 2.24) is 0 Å². The van der Waals surface area contributed by atoms with Crippen LogP contribution in [0.25, 0.3) is 66.4 Å². The summed E-state index contributed by atoms with van der Waals surface area (Å²) in [5.41, 5.74) is 6.51. The largest absolute Gasteiger partial charge is 0.311 e. The standard InChI is InChI=1S/C55H41N/c1-55(2)53-24-9-8-20-51(53)52-23-12-22-50(54(52)55)42-29-35-47(36-30-42)56(45-31-25-39(26-32-45)38-13-4-3-5-14-38)46-33-27-40(28-34-46)43-17-10-18-44(37-43)49-21-11-16-41-15-6-7-19-48(41)49/h3-37H,1-2H3/i3D,4D,5D,13D,14D,25D,26D,27D,28D,31D,32D,33D,34D. The van der Waals surface area contributed by atoms with Gasteiger partial charge in [-0.1, -0.05) is 183 Å². The van der Waals surface area contributed by atoms with Gasteiger partial charge in [0, 0.05) is 22.5 Å². The van der Waals surface area contributed by atoms with E-state index < -0.39 is 95.4 Å². The van der Waals surface area contributed by atoms with Crippen molar-refractivity contribution in [3.05, 3.63) is 223 Å². The molecule has 1 nitrogen and oxygen atoms in total. The van der Waals surface area contributed by atoms with Crippen molar-refractivity contribution in [1.29, 1.82) is 0 Å². The van der Waals surface area contributed by atoms with Crippen LogP contribution in [-0.4, -0.2) is 0 Å². The van der Waals surface area contributed by atoms with Gasteiger partial charge in [0.05, 0.1) is 17.8 Å². The topological polar surface area (TPSA) is 3.24 Å². The second kappa shape index (κ2) is 13.7. The minimum Gasteiger partial charge on any atom is -0.311 e. The second-order valence-corrected chi connectivity index (χ2v) is 14.3. The van der Waals surface area contributed by atoms with Crippen molar-refractivity contribution in [2.45, 2.75) is 19.3 Å². The molecular weight excluding hydrogens is 675 g/mol. The van der Waals surface area contributed by atoms with E-state index in [4.69, 9.17) is 6.85 Å². The van der Waals surface area contributed by atoms with Crippen LogP contribution >= 0.6 is 0 Å². The molecule has 10 rings (SSSR count). The number of anilines is 3. The van der Waals surface area contributed by atoms with Crippen molar-refractivity contribution in [2.24, 2.45) is 0 Å². The van der Waals surface area contributed by atoms with Crippen LogP contribution in [0.4, 0.5) is 17.1 Å². The highest BCUT2D eigenvalue weighted by Crippen LogP contribution is 2.52. The maximum absolute atomic E-state index is 9.64. The molecule has 0 bridgehead atoms. The number of hydrogen-bond acceptors (Lipinski definition) is 1. The summed E-state index contributed by atoms with van der Waals surface area (Å²) < 4.78 is 118. The third kappa shape index (κ3) is 5.81. The Kier molecular flexibility index (Phi) is 5.49. The van der Waals surface area contributed by atoms with E-state index >= 15 is 0 Å². The third-order valence-electron chi connectivity index (χ3n) is 10.7. The highest BCUT2D eigenvalue weighted by atomic mass is 15.1. The molecule has 0 fully saturated rings. The quantitative estimate of drug-likeness (QED) is 0.158. The molecule has 0 N–H and O–H groups in total. The smallest absolute Gasteiger partial charge is 0.0645 e. The Hall–Kier alpha value is -6.96. The molecule has 0 saturated carbocycles.